The molecule has 6 heteroatoms. The minimum atomic E-state index is -3.44. The molecule has 1 aliphatic heterocycles. The third kappa shape index (κ3) is 4.17. The van der Waals surface area contributed by atoms with Crippen LogP contribution in [0.4, 0.5) is 5.69 Å². The maximum absolute atomic E-state index is 12.7. The summed E-state index contributed by atoms with van der Waals surface area (Å²) in [5.41, 5.74) is 3.63. The van der Waals surface area contributed by atoms with Gasteiger partial charge in [-0.2, -0.15) is 4.31 Å². The molecule has 134 valence electrons. The molecular formula is C19H23ClN2O2S. The lowest BCUT2D eigenvalue weighted by atomic mass is 10.0. The normalized spacial score (nSPS) is 16.8. The highest BCUT2D eigenvalue weighted by atomic mass is 35.5. The fraction of sp³-hybridized carbons (Fsp3) is 0.368. The summed E-state index contributed by atoms with van der Waals surface area (Å²) in [7, 11) is -3.44. The van der Waals surface area contributed by atoms with E-state index in [1.807, 2.05) is 0 Å². The molecule has 1 aliphatic rings. The van der Waals surface area contributed by atoms with Crippen molar-refractivity contribution >= 4 is 27.3 Å². The Morgan fingerprint density at radius 3 is 2.24 bits per heavy atom. The van der Waals surface area contributed by atoms with Crippen LogP contribution >= 0.6 is 11.6 Å². The number of rotatable bonds is 4. The Morgan fingerprint density at radius 1 is 1.00 bits per heavy atom. The summed E-state index contributed by atoms with van der Waals surface area (Å²) in [5, 5.41) is 4.07. The number of halogens is 1. The average Bonchev–Trinajstić information content (AvgIpc) is 2.59. The fourth-order valence-electron chi connectivity index (χ4n) is 3.06. The Balaban J connectivity index is 1.63. The lowest BCUT2D eigenvalue weighted by Crippen LogP contribution is -2.42. The lowest BCUT2D eigenvalue weighted by molar-refractivity contribution is 0.330. The van der Waals surface area contributed by atoms with Gasteiger partial charge in [0.05, 0.1) is 4.90 Å². The Hall–Kier alpha value is -1.56. The largest absolute Gasteiger partial charge is 0.382 e. The molecule has 1 N–H and O–H groups in total. The summed E-state index contributed by atoms with van der Waals surface area (Å²) in [4.78, 5) is 0.303. The molecule has 4 nitrogen and oxygen atoms in total. The van der Waals surface area contributed by atoms with Gasteiger partial charge < -0.3 is 5.32 Å². The molecule has 1 heterocycles. The first-order valence-electron chi connectivity index (χ1n) is 8.46. The van der Waals surface area contributed by atoms with Crippen molar-refractivity contribution < 1.29 is 8.42 Å². The molecule has 25 heavy (non-hydrogen) atoms. The van der Waals surface area contributed by atoms with Crippen LogP contribution in [0, 0.1) is 13.8 Å². The fourth-order valence-corrected chi connectivity index (χ4v) is 4.66. The number of piperidine rings is 1. The number of nitrogens with zero attached hydrogens (tertiary/aromatic N) is 1. The summed E-state index contributed by atoms with van der Waals surface area (Å²) in [6.07, 6.45) is 1.58. The molecule has 3 rings (SSSR count). The van der Waals surface area contributed by atoms with Gasteiger partial charge in [0.25, 0.3) is 0 Å². The van der Waals surface area contributed by atoms with Crippen LogP contribution in [0.5, 0.6) is 0 Å². The highest BCUT2D eigenvalue weighted by Gasteiger charge is 2.29. The SMILES string of the molecule is Cc1ccc(NC2CCN(S(=O)(=O)c3ccc(Cl)cc3)CC2)cc1C. The summed E-state index contributed by atoms with van der Waals surface area (Å²) in [6, 6.07) is 13.0. The second-order valence-electron chi connectivity index (χ2n) is 6.58. The molecule has 0 atom stereocenters. The number of hydrogen-bond donors (Lipinski definition) is 1. The quantitative estimate of drug-likeness (QED) is 0.866. The van der Waals surface area contributed by atoms with Gasteiger partial charge in [0.1, 0.15) is 0 Å². The van der Waals surface area contributed by atoms with Crippen molar-refractivity contribution in [3.63, 3.8) is 0 Å². The number of hydrogen-bond acceptors (Lipinski definition) is 3. The molecule has 2 aromatic rings. The van der Waals surface area contributed by atoms with E-state index < -0.39 is 10.0 Å². The van der Waals surface area contributed by atoms with Crippen LogP contribution < -0.4 is 5.32 Å². The predicted molar refractivity (Wildman–Crippen MR) is 103 cm³/mol. The zero-order valence-corrected chi connectivity index (χ0v) is 16.1. The van der Waals surface area contributed by atoms with Crippen LogP contribution in [0.15, 0.2) is 47.4 Å². The van der Waals surface area contributed by atoms with E-state index in [1.54, 1.807) is 28.6 Å². The number of sulfonamides is 1. The minimum Gasteiger partial charge on any atom is -0.382 e. The number of aryl methyl sites for hydroxylation is 2. The molecule has 0 amide bonds. The third-order valence-corrected chi connectivity index (χ3v) is 6.95. The average molecular weight is 379 g/mol. The van der Waals surface area contributed by atoms with Crippen molar-refractivity contribution in [1.29, 1.82) is 0 Å². The van der Waals surface area contributed by atoms with Crippen molar-refractivity contribution in [2.45, 2.75) is 37.6 Å². The first kappa shape index (κ1) is 18.2. The third-order valence-electron chi connectivity index (χ3n) is 4.78. The van der Waals surface area contributed by atoms with E-state index in [1.165, 1.54) is 11.1 Å². The highest BCUT2D eigenvalue weighted by Crippen LogP contribution is 2.24. The van der Waals surface area contributed by atoms with E-state index in [4.69, 9.17) is 11.6 Å². The standard InChI is InChI=1S/C19H23ClN2O2S/c1-14-3-6-18(13-15(14)2)21-17-9-11-22(12-10-17)25(23,24)19-7-4-16(20)5-8-19/h3-8,13,17,21H,9-12H2,1-2H3. The van der Waals surface area contributed by atoms with Crippen LogP contribution in [-0.2, 0) is 10.0 Å². The summed E-state index contributed by atoms with van der Waals surface area (Å²) in [6.45, 7) is 5.24. The lowest BCUT2D eigenvalue weighted by Gasteiger charge is -2.32. The molecule has 0 saturated carbocycles. The van der Waals surface area contributed by atoms with Crippen LogP contribution in [-0.4, -0.2) is 31.9 Å². The molecule has 0 radical (unpaired) electrons. The summed E-state index contributed by atoms with van der Waals surface area (Å²) >= 11 is 5.85. The van der Waals surface area contributed by atoms with E-state index in [0.717, 1.165) is 18.5 Å². The van der Waals surface area contributed by atoms with Crippen molar-refractivity contribution in [3.05, 3.63) is 58.6 Å². The molecule has 0 aliphatic carbocycles. The molecule has 2 aromatic carbocycles. The van der Waals surface area contributed by atoms with E-state index in [2.05, 4.69) is 37.4 Å². The van der Waals surface area contributed by atoms with E-state index in [0.29, 0.717) is 29.0 Å². The zero-order valence-electron chi connectivity index (χ0n) is 14.5. The van der Waals surface area contributed by atoms with Gasteiger partial charge in [-0.05, 0) is 74.2 Å². The summed E-state index contributed by atoms with van der Waals surface area (Å²) in [5.74, 6) is 0. The van der Waals surface area contributed by atoms with Gasteiger partial charge in [0.2, 0.25) is 10.0 Å². The van der Waals surface area contributed by atoms with Crippen LogP contribution in [0.3, 0.4) is 0 Å². The van der Waals surface area contributed by atoms with E-state index >= 15 is 0 Å². The number of benzene rings is 2. The van der Waals surface area contributed by atoms with Gasteiger partial charge in [-0.3, -0.25) is 0 Å². The summed E-state index contributed by atoms with van der Waals surface area (Å²) < 4.78 is 27.0. The monoisotopic (exact) mass is 378 g/mol. The number of anilines is 1. The van der Waals surface area contributed by atoms with Gasteiger partial charge in [-0.1, -0.05) is 17.7 Å². The first-order valence-corrected chi connectivity index (χ1v) is 10.3. The molecule has 1 fully saturated rings. The molecule has 0 unspecified atom stereocenters. The van der Waals surface area contributed by atoms with E-state index in [9.17, 15) is 8.42 Å². The Labute approximate surface area is 154 Å². The molecule has 1 saturated heterocycles. The minimum absolute atomic E-state index is 0.291. The second kappa shape index (κ2) is 7.36. The maximum Gasteiger partial charge on any atom is 0.243 e. The van der Waals surface area contributed by atoms with Gasteiger partial charge in [0, 0.05) is 29.8 Å². The van der Waals surface area contributed by atoms with Crippen molar-refractivity contribution in [2.75, 3.05) is 18.4 Å². The van der Waals surface area contributed by atoms with Gasteiger partial charge in [-0.25, -0.2) is 8.42 Å². The topological polar surface area (TPSA) is 49.4 Å². The highest BCUT2D eigenvalue weighted by molar-refractivity contribution is 7.89. The van der Waals surface area contributed by atoms with Gasteiger partial charge in [0.15, 0.2) is 0 Å². The van der Waals surface area contributed by atoms with Crippen molar-refractivity contribution in [3.8, 4) is 0 Å². The second-order valence-corrected chi connectivity index (χ2v) is 8.95. The predicted octanol–water partition coefficient (Wildman–Crippen LogP) is 4.22. The van der Waals surface area contributed by atoms with Crippen LogP contribution in [0.1, 0.15) is 24.0 Å². The Bertz CT molecular complexity index is 842. The van der Waals surface area contributed by atoms with Crippen LogP contribution in [0.2, 0.25) is 5.02 Å². The molecule has 0 aromatic heterocycles. The zero-order chi connectivity index (χ0) is 18.0. The van der Waals surface area contributed by atoms with Crippen LogP contribution in [0.25, 0.3) is 0 Å². The Morgan fingerprint density at radius 2 is 1.64 bits per heavy atom. The Kier molecular flexibility index (Phi) is 5.37. The number of nitrogens with one attached hydrogen (secondary N) is 1. The first-order chi connectivity index (χ1) is 11.9. The van der Waals surface area contributed by atoms with Crippen molar-refractivity contribution in [1.82, 2.24) is 4.31 Å². The molecule has 0 bridgehead atoms. The van der Waals surface area contributed by atoms with Gasteiger partial charge in [-0.15, -0.1) is 0 Å². The molecule has 0 spiro atoms. The maximum atomic E-state index is 12.7. The smallest absolute Gasteiger partial charge is 0.243 e. The van der Waals surface area contributed by atoms with Crippen molar-refractivity contribution in [2.24, 2.45) is 0 Å². The van der Waals surface area contributed by atoms with E-state index in [-0.39, 0.29) is 0 Å². The van der Waals surface area contributed by atoms with Gasteiger partial charge >= 0.3 is 0 Å². The molecular weight excluding hydrogens is 356 g/mol.